The SMILES string of the molecule is CCOc1c(OC)ccc(Cl)c1CCO. The van der Waals surface area contributed by atoms with Crippen LogP contribution in [-0.2, 0) is 6.42 Å². The number of hydrogen-bond donors (Lipinski definition) is 1. The minimum absolute atomic E-state index is 0.0347. The van der Waals surface area contributed by atoms with Gasteiger partial charge in [0, 0.05) is 23.6 Å². The van der Waals surface area contributed by atoms with E-state index < -0.39 is 0 Å². The van der Waals surface area contributed by atoms with Gasteiger partial charge in [0.1, 0.15) is 0 Å². The summed E-state index contributed by atoms with van der Waals surface area (Å²) in [6.45, 7) is 2.46. The van der Waals surface area contributed by atoms with Gasteiger partial charge >= 0.3 is 0 Å². The molecule has 0 heterocycles. The van der Waals surface area contributed by atoms with Crippen LogP contribution in [0.15, 0.2) is 12.1 Å². The molecule has 0 unspecified atom stereocenters. The highest BCUT2D eigenvalue weighted by Crippen LogP contribution is 2.36. The first-order valence-electron chi connectivity index (χ1n) is 4.83. The second kappa shape index (κ2) is 5.83. The largest absolute Gasteiger partial charge is 0.493 e. The third-order valence-electron chi connectivity index (χ3n) is 2.04. The number of rotatable bonds is 5. The fourth-order valence-electron chi connectivity index (χ4n) is 1.39. The Balaban J connectivity index is 3.17. The van der Waals surface area contributed by atoms with Gasteiger partial charge in [-0.15, -0.1) is 0 Å². The number of aliphatic hydroxyl groups excluding tert-OH is 1. The molecule has 0 radical (unpaired) electrons. The van der Waals surface area contributed by atoms with Crippen molar-refractivity contribution >= 4 is 11.6 Å². The summed E-state index contributed by atoms with van der Waals surface area (Å²) in [5.74, 6) is 1.27. The van der Waals surface area contributed by atoms with Crippen LogP contribution in [0.5, 0.6) is 11.5 Å². The van der Waals surface area contributed by atoms with Crippen molar-refractivity contribution in [1.82, 2.24) is 0 Å². The minimum atomic E-state index is 0.0347. The molecule has 15 heavy (non-hydrogen) atoms. The Morgan fingerprint density at radius 3 is 2.67 bits per heavy atom. The summed E-state index contributed by atoms with van der Waals surface area (Å²) in [4.78, 5) is 0. The fourth-order valence-corrected chi connectivity index (χ4v) is 1.63. The van der Waals surface area contributed by atoms with Gasteiger partial charge in [0.05, 0.1) is 13.7 Å². The highest BCUT2D eigenvalue weighted by molar-refractivity contribution is 6.31. The standard InChI is InChI=1S/C11H15ClO3/c1-3-15-11-8(6-7-13)9(12)4-5-10(11)14-2/h4-5,13H,3,6-7H2,1-2H3. The first-order valence-corrected chi connectivity index (χ1v) is 5.21. The Morgan fingerprint density at radius 1 is 1.40 bits per heavy atom. The van der Waals surface area contributed by atoms with Crippen LogP contribution in [0.2, 0.25) is 5.02 Å². The molecule has 0 aliphatic heterocycles. The number of methoxy groups -OCH3 is 1. The first-order chi connectivity index (χ1) is 7.24. The molecular weight excluding hydrogens is 216 g/mol. The summed E-state index contributed by atoms with van der Waals surface area (Å²) in [5.41, 5.74) is 0.792. The number of halogens is 1. The van der Waals surface area contributed by atoms with E-state index in [1.165, 1.54) is 0 Å². The van der Waals surface area contributed by atoms with Crippen LogP contribution >= 0.6 is 11.6 Å². The Bertz CT molecular complexity index is 326. The molecule has 0 spiro atoms. The number of ether oxygens (including phenoxy) is 2. The Hall–Kier alpha value is -0.930. The van der Waals surface area contributed by atoms with E-state index in [0.29, 0.717) is 29.5 Å². The molecule has 1 aromatic rings. The fraction of sp³-hybridized carbons (Fsp3) is 0.455. The Kier molecular flexibility index (Phi) is 4.72. The van der Waals surface area contributed by atoms with E-state index in [1.807, 2.05) is 6.92 Å². The van der Waals surface area contributed by atoms with Crippen LogP contribution in [-0.4, -0.2) is 25.4 Å². The molecule has 4 heteroatoms. The monoisotopic (exact) mass is 230 g/mol. The first kappa shape index (κ1) is 12.1. The molecule has 0 bridgehead atoms. The molecular formula is C11H15ClO3. The Labute approximate surface area is 94.6 Å². The zero-order chi connectivity index (χ0) is 11.3. The van der Waals surface area contributed by atoms with Gasteiger partial charge < -0.3 is 14.6 Å². The molecule has 0 saturated carbocycles. The summed E-state index contributed by atoms with van der Waals surface area (Å²) in [6, 6.07) is 3.50. The maximum absolute atomic E-state index is 8.95. The minimum Gasteiger partial charge on any atom is -0.493 e. The molecule has 84 valence electrons. The molecule has 1 aromatic carbocycles. The predicted octanol–water partition coefficient (Wildman–Crippen LogP) is 2.28. The van der Waals surface area contributed by atoms with Gasteiger partial charge in [-0.05, 0) is 19.1 Å². The molecule has 1 N–H and O–H groups in total. The van der Waals surface area contributed by atoms with Crippen LogP contribution in [0, 0.1) is 0 Å². The zero-order valence-electron chi connectivity index (χ0n) is 8.92. The highest BCUT2D eigenvalue weighted by atomic mass is 35.5. The van der Waals surface area contributed by atoms with Crippen molar-refractivity contribution in [3.8, 4) is 11.5 Å². The van der Waals surface area contributed by atoms with E-state index in [-0.39, 0.29) is 6.61 Å². The summed E-state index contributed by atoms with van der Waals surface area (Å²) in [5, 5.41) is 9.54. The van der Waals surface area contributed by atoms with Gasteiger partial charge in [-0.2, -0.15) is 0 Å². The lowest BCUT2D eigenvalue weighted by Gasteiger charge is -2.14. The van der Waals surface area contributed by atoms with Crippen LogP contribution in [0.25, 0.3) is 0 Å². The average molecular weight is 231 g/mol. The van der Waals surface area contributed by atoms with E-state index >= 15 is 0 Å². The van der Waals surface area contributed by atoms with Crippen LogP contribution in [0.3, 0.4) is 0 Å². The molecule has 0 aliphatic rings. The lowest BCUT2D eigenvalue weighted by atomic mass is 10.1. The summed E-state index contributed by atoms with van der Waals surface area (Å²) >= 11 is 6.03. The van der Waals surface area contributed by atoms with Crippen LogP contribution in [0.4, 0.5) is 0 Å². The third kappa shape index (κ3) is 2.76. The van der Waals surface area contributed by atoms with E-state index in [4.69, 9.17) is 26.2 Å². The van der Waals surface area contributed by atoms with Crippen LogP contribution in [0.1, 0.15) is 12.5 Å². The maximum atomic E-state index is 8.95. The second-order valence-corrected chi connectivity index (χ2v) is 3.37. The van der Waals surface area contributed by atoms with Crippen molar-refractivity contribution in [2.45, 2.75) is 13.3 Å². The summed E-state index contributed by atoms with van der Waals surface area (Å²) < 4.78 is 10.6. The van der Waals surface area contributed by atoms with E-state index in [0.717, 1.165) is 5.56 Å². The quantitative estimate of drug-likeness (QED) is 0.844. The average Bonchev–Trinajstić information content (AvgIpc) is 2.24. The van der Waals surface area contributed by atoms with Crippen molar-refractivity contribution in [3.63, 3.8) is 0 Å². The normalized spacial score (nSPS) is 10.1. The molecule has 0 aromatic heterocycles. The number of hydrogen-bond acceptors (Lipinski definition) is 3. The van der Waals surface area contributed by atoms with Gasteiger partial charge in [0.25, 0.3) is 0 Å². The van der Waals surface area contributed by atoms with Crippen LogP contribution < -0.4 is 9.47 Å². The van der Waals surface area contributed by atoms with E-state index in [9.17, 15) is 0 Å². The molecule has 0 atom stereocenters. The van der Waals surface area contributed by atoms with Crippen molar-refractivity contribution in [3.05, 3.63) is 22.7 Å². The molecule has 3 nitrogen and oxygen atoms in total. The smallest absolute Gasteiger partial charge is 0.165 e. The highest BCUT2D eigenvalue weighted by Gasteiger charge is 2.13. The van der Waals surface area contributed by atoms with Gasteiger partial charge in [-0.25, -0.2) is 0 Å². The lowest BCUT2D eigenvalue weighted by molar-refractivity contribution is 0.286. The van der Waals surface area contributed by atoms with Gasteiger partial charge in [-0.1, -0.05) is 11.6 Å². The van der Waals surface area contributed by atoms with E-state index in [2.05, 4.69) is 0 Å². The lowest BCUT2D eigenvalue weighted by Crippen LogP contribution is -2.02. The predicted molar refractivity (Wildman–Crippen MR) is 60.0 cm³/mol. The van der Waals surface area contributed by atoms with Gasteiger partial charge in [-0.3, -0.25) is 0 Å². The third-order valence-corrected chi connectivity index (χ3v) is 2.39. The topological polar surface area (TPSA) is 38.7 Å². The molecule has 0 fully saturated rings. The molecule has 0 saturated heterocycles. The van der Waals surface area contributed by atoms with Gasteiger partial charge in [0.15, 0.2) is 11.5 Å². The molecule has 0 aliphatic carbocycles. The van der Waals surface area contributed by atoms with Crippen molar-refractivity contribution in [2.75, 3.05) is 20.3 Å². The zero-order valence-corrected chi connectivity index (χ0v) is 9.67. The van der Waals surface area contributed by atoms with E-state index in [1.54, 1.807) is 19.2 Å². The number of aliphatic hydroxyl groups is 1. The molecule has 1 rings (SSSR count). The second-order valence-electron chi connectivity index (χ2n) is 2.96. The van der Waals surface area contributed by atoms with Crippen molar-refractivity contribution in [2.24, 2.45) is 0 Å². The summed E-state index contributed by atoms with van der Waals surface area (Å²) in [6.07, 6.45) is 0.464. The number of benzene rings is 1. The van der Waals surface area contributed by atoms with Crippen molar-refractivity contribution < 1.29 is 14.6 Å². The van der Waals surface area contributed by atoms with Gasteiger partial charge in [0.2, 0.25) is 0 Å². The maximum Gasteiger partial charge on any atom is 0.165 e. The summed E-state index contributed by atoms with van der Waals surface area (Å²) in [7, 11) is 1.58. The molecule has 0 amide bonds. The van der Waals surface area contributed by atoms with Crippen molar-refractivity contribution in [1.29, 1.82) is 0 Å². The Morgan fingerprint density at radius 2 is 2.13 bits per heavy atom.